The van der Waals surface area contributed by atoms with Gasteiger partial charge in [0.05, 0.1) is 37.0 Å². The van der Waals surface area contributed by atoms with Crippen LogP contribution in [0.1, 0.15) is 12.8 Å². The predicted molar refractivity (Wildman–Crippen MR) is 66.3 cm³/mol. The average molecular weight is 293 g/mol. The van der Waals surface area contributed by atoms with E-state index in [0.29, 0.717) is 6.61 Å². The highest BCUT2D eigenvalue weighted by atomic mass is 32.2. The zero-order valence-corrected chi connectivity index (χ0v) is 11.6. The average Bonchev–Trinajstić information content (AvgIpc) is 2.96. The van der Waals surface area contributed by atoms with E-state index in [1.807, 2.05) is 0 Å². The first-order valence-electron chi connectivity index (χ1n) is 6.29. The lowest BCUT2D eigenvalue weighted by Crippen LogP contribution is -2.46. The molecule has 2 saturated heterocycles. The molecule has 3 atom stereocenters. The van der Waals surface area contributed by atoms with E-state index in [9.17, 15) is 13.2 Å². The van der Waals surface area contributed by atoms with Gasteiger partial charge in [0, 0.05) is 13.7 Å². The van der Waals surface area contributed by atoms with Crippen LogP contribution in [0.5, 0.6) is 0 Å². The van der Waals surface area contributed by atoms with Gasteiger partial charge in [-0.15, -0.1) is 0 Å². The molecule has 2 heterocycles. The molecule has 0 amide bonds. The second-order valence-electron chi connectivity index (χ2n) is 4.98. The van der Waals surface area contributed by atoms with E-state index in [1.54, 1.807) is 0 Å². The summed E-state index contributed by atoms with van der Waals surface area (Å²) in [6.45, 7) is 0.770. The van der Waals surface area contributed by atoms with Crippen molar-refractivity contribution in [2.75, 3.05) is 32.6 Å². The number of ether oxygens (including phenoxy) is 2. The highest BCUT2D eigenvalue weighted by Gasteiger charge is 2.41. The summed E-state index contributed by atoms with van der Waals surface area (Å²) in [5, 5.41) is 9.06. The van der Waals surface area contributed by atoms with Crippen LogP contribution < -0.4 is 0 Å². The Labute approximate surface area is 112 Å². The first kappa shape index (κ1) is 14.7. The van der Waals surface area contributed by atoms with Crippen LogP contribution in [0.3, 0.4) is 0 Å². The van der Waals surface area contributed by atoms with Crippen molar-refractivity contribution >= 4 is 16.0 Å². The Balaban J connectivity index is 2.04. The van der Waals surface area contributed by atoms with Gasteiger partial charge in [-0.2, -0.15) is 4.31 Å². The molecule has 2 rings (SSSR count). The number of carboxylic acid groups (broad SMARTS) is 1. The molecule has 0 aromatic heterocycles. The number of rotatable bonds is 5. The molecule has 0 spiro atoms. The summed E-state index contributed by atoms with van der Waals surface area (Å²) in [6.07, 6.45) is 1.32. The molecule has 0 radical (unpaired) electrons. The Morgan fingerprint density at radius 1 is 1.42 bits per heavy atom. The van der Waals surface area contributed by atoms with Gasteiger partial charge in [0.1, 0.15) is 0 Å². The van der Waals surface area contributed by atoms with Crippen LogP contribution in [-0.2, 0) is 24.3 Å². The Hall–Kier alpha value is -0.700. The van der Waals surface area contributed by atoms with E-state index >= 15 is 0 Å². The van der Waals surface area contributed by atoms with Crippen LogP contribution >= 0.6 is 0 Å². The topological polar surface area (TPSA) is 93.1 Å². The maximum Gasteiger partial charge on any atom is 0.310 e. The summed E-state index contributed by atoms with van der Waals surface area (Å²) >= 11 is 0. The Bertz CT molecular complexity index is 430. The fourth-order valence-corrected chi connectivity index (χ4v) is 4.06. The Morgan fingerprint density at radius 2 is 2.16 bits per heavy atom. The summed E-state index contributed by atoms with van der Waals surface area (Å²) in [5.41, 5.74) is 0. The molecule has 2 fully saturated rings. The van der Waals surface area contributed by atoms with Crippen molar-refractivity contribution in [1.29, 1.82) is 0 Å². The third-order valence-electron chi connectivity index (χ3n) is 3.69. The molecule has 0 bridgehead atoms. The van der Waals surface area contributed by atoms with Gasteiger partial charge in [0.2, 0.25) is 10.0 Å². The number of likely N-dealkylation sites (N-methyl/N-ethyl adjacent to an activating group) is 1. The van der Waals surface area contributed by atoms with Crippen molar-refractivity contribution in [3.05, 3.63) is 0 Å². The Kier molecular flexibility index (Phi) is 4.44. The number of sulfonamides is 1. The van der Waals surface area contributed by atoms with Crippen molar-refractivity contribution in [2.24, 2.45) is 5.92 Å². The number of nitrogens with zero attached hydrogens (tertiary/aromatic N) is 1. The van der Waals surface area contributed by atoms with Gasteiger partial charge in [-0.05, 0) is 12.8 Å². The maximum absolute atomic E-state index is 12.2. The molecule has 1 N–H and O–H groups in total. The van der Waals surface area contributed by atoms with E-state index in [-0.39, 0.29) is 25.1 Å². The van der Waals surface area contributed by atoms with Gasteiger partial charge in [0.25, 0.3) is 0 Å². The van der Waals surface area contributed by atoms with Crippen LogP contribution in [0.25, 0.3) is 0 Å². The zero-order chi connectivity index (χ0) is 14.0. The van der Waals surface area contributed by atoms with Crippen molar-refractivity contribution in [2.45, 2.75) is 25.0 Å². The number of carbonyl (C=O) groups is 1. The Morgan fingerprint density at radius 3 is 2.74 bits per heavy atom. The first-order chi connectivity index (χ1) is 8.92. The highest BCUT2D eigenvalue weighted by Crippen LogP contribution is 2.23. The summed E-state index contributed by atoms with van der Waals surface area (Å²) in [4.78, 5) is 11.1. The third kappa shape index (κ3) is 3.25. The van der Waals surface area contributed by atoms with Crippen molar-refractivity contribution < 1.29 is 27.8 Å². The number of aliphatic carboxylic acids is 1. The normalized spacial score (nSPS) is 32.0. The van der Waals surface area contributed by atoms with Gasteiger partial charge in [0.15, 0.2) is 0 Å². The van der Waals surface area contributed by atoms with Crippen LogP contribution in [0.4, 0.5) is 0 Å². The molecule has 2 aliphatic rings. The van der Waals surface area contributed by atoms with Gasteiger partial charge < -0.3 is 14.6 Å². The molecule has 0 saturated carbocycles. The molecule has 3 unspecified atom stereocenters. The van der Waals surface area contributed by atoms with Crippen molar-refractivity contribution in [3.63, 3.8) is 0 Å². The number of hydrogen-bond donors (Lipinski definition) is 1. The number of hydrogen-bond acceptors (Lipinski definition) is 5. The van der Waals surface area contributed by atoms with Crippen LogP contribution in [0.15, 0.2) is 0 Å². The maximum atomic E-state index is 12.2. The summed E-state index contributed by atoms with van der Waals surface area (Å²) in [5.74, 6) is -1.92. The quantitative estimate of drug-likeness (QED) is 0.736. The van der Waals surface area contributed by atoms with Crippen molar-refractivity contribution in [3.8, 4) is 0 Å². The van der Waals surface area contributed by atoms with E-state index in [1.165, 1.54) is 7.05 Å². The standard InChI is InChI=1S/C11H19NO6S/c1-12(10-6-17-5-9(10)11(13)14)19(15,16)7-8-3-2-4-18-8/h8-10H,2-7H2,1H3,(H,13,14). The van der Waals surface area contributed by atoms with Crippen LogP contribution in [0.2, 0.25) is 0 Å². The fourth-order valence-electron chi connectivity index (χ4n) is 2.47. The van der Waals surface area contributed by atoms with E-state index in [2.05, 4.69) is 0 Å². The third-order valence-corrected chi connectivity index (χ3v) is 5.64. The minimum atomic E-state index is -3.53. The van der Waals surface area contributed by atoms with E-state index < -0.39 is 28.0 Å². The van der Waals surface area contributed by atoms with Crippen LogP contribution in [0, 0.1) is 5.92 Å². The minimum Gasteiger partial charge on any atom is -0.481 e. The minimum absolute atomic E-state index is 0.0553. The van der Waals surface area contributed by atoms with Gasteiger partial charge in [-0.1, -0.05) is 0 Å². The molecule has 0 aromatic rings. The molecule has 2 aliphatic heterocycles. The van der Waals surface area contributed by atoms with Gasteiger partial charge in [-0.25, -0.2) is 8.42 Å². The molecular formula is C11H19NO6S. The fraction of sp³-hybridized carbons (Fsp3) is 0.909. The summed E-state index contributed by atoms with van der Waals surface area (Å²) in [6, 6.07) is -0.635. The lowest BCUT2D eigenvalue weighted by atomic mass is 10.1. The molecular weight excluding hydrogens is 274 g/mol. The molecule has 0 aromatic carbocycles. The molecule has 0 aliphatic carbocycles. The second kappa shape index (κ2) is 5.74. The largest absolute Gasteiger partial charge is 0.481 e. The van der Waals surface area contributed by atoms with E-state index in [0.717, 1.165) is 17.1 Å². The SMILES string of the molecule is CN(C1COCC1C(=O)O)S(=O)(=O)CC1CCCO1. The lowest BCUT2D eigenvalue weighted by molar-refractivity contribution is -0.142. The zero-order valence-electron chi connectivity index (χ0n) is 10.8. The monoisotopic (exact) mass is 293 g/mol. The lowest BCUT2D eigenvalue weighted by Gasteiger charge is -2.26. The molecule has 8 heteroatoms. The smallest absolute Gasteiger partial charge is 0.310 e. The number of carboxylic acids is 1. The highest BCUT2D eigenvalue weighted by molar-refractivity contribution is 7.89. The molecule has 110 valence electrons. The van der Waals surface area contributed by atoms with Crippen LogP contribution in [-0.4, -0.2) is 68.6 Å². The summed E-state index contributed by atoms with van der Waals surface area (Å²) < 4.78 is 36.0. The summed E-state index contributed by atoms with van der Waals surface area (Å²) in [7, 11) is -2.11. The van der Waals surface area contributed by atoms with Crippen molar-refractivity contribution in [1.82, 2.24) is 4.31 Å². The van der Waals surface area contributed by atoms with Gasteiger partial charge in [-0.3, -0.25) is 4.79 Å². The molecule has 19 heavy (non-hydrogen) atoms. The van der Waals surface area contributed by atoms with Gasteiger partial charge >= 0.3 is 5.97 Å². The predicted octanol–water partition coefficient (Wildman–Crippen LogP) is -0.473. The second-order valence-corrected chi connectivity index (χ2v) is 7.05. The van der Waals surface area contributed by atoms with E-state index in [4.69, 9.17) is 14.6 Å². The first-order valence-corrected chi connectivity index (χ1v) is 7.90. The molecule has 7 nitrogen and oxygen atoms in total.